The zero-order valence-corrected chi connectivity index (χ0v) is 16.0. The van der Waals surface area contributed by atoms with Gasteiger partial charge in [-0.25, -0.2) is 4.39 Å². The van der Waals surface area contributed by atoms with Gasteiger partial charge >= 0.3 is 0 Å². The fraction of sp³-hybridized carbons (Fsp3) is 0.316. The average molecular weight is 409 g/mol. The molecule has 2 rings (SSSR count). The van der Waals surface area contributed by atoms with Crippen molar-refractivity contribution in [2.75, 3.05) is 32.1 Å². The highest BCUT2D eigenvalue weighted by molar-refractivity contribution is 9.10. The summed E-state index contributed by atoms with van der Waals surface area (Å²) in [7, 11) is 1.93. The number of carbonyl (C=O) groups is 1. The van der Waals surface area contributed by atoms with Crippen LogP contribution in [0, 0.1) is 12.7 Å². The van der Waals surface area contributed by atoms with E-state index in [0.29, 0.717) is 24.2 Å². The maximum atomic E-state index is 13.7. The zero-order chi connectivity index (χ0) is 18.2. The minimum Gasteiger partial charge on any atom is -0.492 e. The Morgan fingerprint density at radius 2 is 2.00 bits per heavy atom. The van der Waals surface area contributed by atoms with Crippen LogP contribution in [-0.4, -0.2) is 37.6 Å². The monoisotopic (exact) mass is 408 g/mol. The summed E-state index contributed by atoms with van der Waals surface area (Å²) in [5.41, 5.74) is 1.29. The first-order valence-corrected chi connectivity index (χ1v) is 8.87. The Hall–Kier alpha value is -1.92. The molecular weight excluding hydrogens is 387 g/mol. The van der Waals surface area contributed by atoms with Crippen molar-refractivity contribution in [1.82, 2.24) is 4.90 Å². The molecule has 25 heavy (non-hydrogen) atoms. The van der Waals surface area contributed by atoms with Gasteiger partial charge in [0.2, 0.25) is 5.91 Å². The van der Waals surface area contributed by atoms with Crippen molar-refractivity contribution in [2.45, 2.75) is 13.3 Å². The van der Waals surface area contributed by atoms with E-state index in [2.05, 4.69) is 21.2 Å². The van der Waals surface area contributed by atoms with E-state index in [1.165, 1.54) is 12.1 Å². The van der Waals surface area contributed by atoms with Crippen molar-refractivity contribution < 1.29 is 13.9 Å². The molecule has 4 nitrogen and oxygen atoms in total. The number of likely N-dealkylation sites (N-methyl/N-ethyl adjacent to an activating group) is 1. The van der Waals surface area contributed by atoms with Gasteiger partial charge in [-0.2, -0.15) is 0 Å². The van der Waals surface area contributed by atoms with Crippen molar-refractivity contribution in [3.8, 4) is 5.75 Å². The normalized spacial score (nSPS) is 10.8. The maximum Gasteiger partial charge on any atom is 0.225 e. The van der Waals surface area contributed by atoms with Gasteiger partial charge in [0, 0.05) is 24.0 Å². The Kier molecular flexibility index (Phi) is 7.40. The fourth-order valence-electron chi connectivity index (χ4n) is 2.24. The van der Waals surface area contributed by atoms with Crippen LogP contribution >= 0.6 is 15.9 Å². The number of amides is 1. The van der Waals surface area contributed by atoms with Crippen LogP contribution in [0.15, 0.2) is 46.9 Å². The van der Waals surface area contributed by atoms with E-state index in [0.717, 1.165) is 11.3 Å². The number of aryl methyl sites for hydroxylation is 1. The van der Waals surface area contributed by atoms with Crippen LogP contribution < -0.4 is 10.1 Å². The quantitative estimate of drug-likeness (QED) is 0.710. The lowest BCUT2D eigenvalue weighted by Crippen LogP contribution is -2.28. The lowest BCUT2D eigenvalue weighted by Gasteiger charge is -2.17. The van der Waals surface area contributed by atoms with Crippen molar-refractivity contribution in [2.24, 2.45) is 0 Å². The molecule has 0 atom stereocenters. The predicted octanol–water partition coefficient (Wildman–Crippen LogP) is 4.24. The second-order valence-corrected chi connectivity index (χ2v) is 6.76. The summed E-state index contributed by atoms with van der Waals surface area (Å²) in [4.78, 5) is 14.0. The highest BCUT2D eigenvalue weighted by Gasteiger charge is 2.09. The third-order valence-corrected chi connectivity index (χ3v) is 4.24. The highest BCUT2D eigenvalue weighted by Crippen LogP contribution is 2.19. The number of benzene rings is 2. The Labute approximate surface area is 156 Å². The first-order valence-electron chi connectivity index (χ1n) is 8.07. The second kappa shape index (κ2) is 9.53. The molecule has 0 radical (unpaired) electrons. The number of carbonyl (C=O) groups excluding carboxylic acids is 1. The number of hydrogen-bond acceptors (Lipinski definition) is 3. The molecule has 1 N–H and O–H groups in total. The molecule has 0 saturated heterocycles. The van der Waals surface area contributed by atoms with Crippen molar-refractivity contribution in [3.05, 3.63) is 58.3 Å². The van der Waals surface area contributed by atoms with Crippen LogP contribution in [-0.2, 0) is 4.79 Å². The number of halogens is 2. The smallest absolute Gasteiger partial charge is 0.225 e. The molecule has 0 spiro atoms. The number of hydrogen-bond donors (Lipinski definition) is 1. The molecule has 0 saturated carbocycles. The zero-order valence-electron chi connectivity index (χ0n) is 14.4. The van der Waals surface area contributed by atoms with Crippen LogP contribution in [0.4, 0.5) is 10.1 Å². The molecule has 1 amide bonds. The van der Waals surface area contributed by atoms with E-state index in [4.69, 9.17) is 4.74 Å². The first kappa shape index (κ1) is 19.4. The van der Waals surface area contributed by atoms with Gasteiger partial charge in [0.1, 0.15) is 18.2 Å². The molecule has 2 aromatic rings. The van der Waals surface area contributed by atoms with Crippen LogP contribution in [0.3, 0.4) is 0 Å². The lowest BCUT2D eigenvalue weighted by molar-refractivity contribution is -0.116. The fourth-order valence-corrected chi connectivity index (χ4v) is 2.57. The Balaban J connectivity index is 1.69. The number of nitrogens with one attached hydrogen (secondary N) is 1. The van der Waals surface area contributed by atoms with Crippen LogP contribution in [0.2, 0.25) is 0 Å². The molecule has 0 aromatic heterocycles. The molecule has 0 aliphatic rings. The molecule has 0 unspecified atom stereocenters. The summed E-state index contributed by atoms with van der Waals surface area (Å²) in [6, 6.07) is 12.4. The Bertz CT molecular complexity index is 724. The standard InChI is InChI=1S/C19H22BrFN2O2/c1-14-5-3-4-6-18(14)25-12-11-23(2)10-9-19(24)22-17-8-7-15(20)13-16(17)21/h3-8,13H,9-12H2,1-2H3,(H,22,24). The van der Waals surface area contributed by atoms with Crippen LogP contribution in [0.25, 0.3) is 0 Å². The molecule has 0 heterocycles. The predicted molar refractivity (Wildman–Crippen MR) is 102 cm³/mol. The second-order valence-electron chi connectivity index (χ2n) is 5.84. The molecule has 134 valence electrons. The summed E-state index contributed by atoms with van der Waals surface area (Å²) < 4.78 is 20.1. The maximum absolute atomic E-state index is 13.7. The Morgan fingerprint density at radius 3 is 2.72 bits per heavy atom. The van der Waals surface area contributed by atoms with Crippen molar-refractivity contribution in [1.29, 1.82) is 0 Å². The van der Waals surface area contributed by atoms with Crippen LogP contribution in [0.5, 0.6) is 5.75 Å². The topological polar surface area (TPSA) is 41.6 Å². The number of anilines is 1. The minimum atomic E-state index is -0.456. The van der Waals surface area contributed by atoms with Gasteiger partial charge in [-0.15, -0.1) is 0 Å². The number of para-hydroxylation sites is 1. The largest absolute Gasteiger partial charge is 0.492 e. The molecule has 0 bridgehead atoms. The molecule has 0 aliphatic carbocycles. The van der Waals surface area contributed by atoms with Crippen molar-refractivity contribution in [3.63, 3.8) is 0 Å². The molecule has 2 aromatic carbocycles. The average Bonchev–Trinajstić information content (AvgIpc) is 2.57. The van der Waals surface area contributed by atoms with E-state index in [1.807, 2.05) is 43.1 Å². The summed E-state index contributed by atoms with van der Waals surface area (Å²) in [6.07, 6.45) is 0.288. The van der Waals surface area contributed by atoms with E-state index in [1.54, 1.807) is 6.07 Å². The third-order valence-electron chi connectivity index (χ3n) is 3.75. The SMILES string of the molecule is Cc1ccccc1OCCN(C)CCC(=O)Nc1ccc(Br)cc1F. The van der Waals surface area contributed by atoms with Gasteiger partial charge in [-0.05, 0) is 43.8 Å². The number of nitrogens with zero attached hydrogens (tertiary/aromatic N) is 1. The summed E-state index contributed by atoms with van der Waals surface area (Å²) in [6.45, 7) is 3.82. The number of ether oxygens (including phenoxy) is 1. The first-order chi connectivity index (χ1) is 12.0. The highest BCUT2D eigenvalue weighted by atomic mass is 79.9. The van der Waals surface area contributed by atoms with Gasteiger partial charge in [0.05, 0.1) is 5.69 Å². The van der Waals surface area contributed by atoms with Gasteiger partial charge in [0.25, 0.3) is 0 Å². The van der Waals surface area contributed by atoms with E-state index >= 15 is 0 Å². The Morgan fingerprint density at radius 1 is 1.24 bits per heavy atom. The number of rotatable bonds is 8. The molecular formula is C19H22BrFN2O2. The van der Waals surface area contributed by atoms with E-state index < -0.39 is 5.82 Å². The molecule has 0 fully saturated rings. The minimum absolute atomic E-state index is 0.193. The lowest BCUT2D eigenvalue weighted by atomic mass is 10.2. The van der Waals surface area contributed by atoms with E-state index in [9.17, 15) is 9.18 Å². The van der Waals surface area contributed by atoms with Gasteiger partial charge < -0.3 is 15.0 Å². The summed E-state index contributed by atoms with van der Waals surface area (Å²) >= 11 is 3.19. The van der Waals surface area contributed by atoms with E-state index in [-0.39, 0.29) is 18.0 Å². The summed E-state index contributed by atoms with van der Waals surface area (Å²) in [5, 5.41) is 2.59. The van der Waals surface area contributed by atoms with Gasteiger partial charge in [0.15, 0.2) is 0 Å². The third kappa shape index (κ3) is 6.48. The van der Waals surface area contributed by atoms with Crippen molar-refractivity contribution >= 4 is 27.5 Å². The van der Waals surface area contributed by atoms with Gasteiger partial charge in [-0.1, -0.05) is 34.1 Å². The summed E-state index contributed by atoms with van der Waals surface area (Å²) in [5.74, 6) is 0.204. The van der Waals surface area contributed by atoms with Crippen LogP contribution in [0.1, 0.15) is 12.0 Å². The van der Waals surface area contributed by atoms with Gasteiger partial charge in [-0.3, -0.25) is 4.79 Å². The molecule has 0 aliphatic heterocycles. The molecule has 6 heteroatoms.